The molecule has 0 heterocycles. The van der Waals surface area contributed by atoms with Crippen LogP contribution in [-0.2, 0) is 0 Å². The van der Waals surface area contributed by atoms with E-state index in [4.69, 9.17) is 11.1 Å². The first-order chi connectivity index (χ1) is 8.13. The lowest BCUT2D eigenvalue weighted by Gasteiger charge is -2.43. The van der Waals surface area contributed by atoms with E-state index >= 15 is 0 Å². The average Bonchev–Trinajstić information content (AvgIpc) is 3.09. The van der Waals surface area contributed by atoms with Gasteiger partial charge in [-0.15, -0.1) is 0 Å². The summed E-state index contributed by atoms with van der Waals surface area (Å²) in [5.74, 6) is 0.771. The summed E-state index contributed by atoms with van der Waals surface area (Å²) < 4.78 is 12.8. The second kappa shape index (κ2) is 4.89. The summed E-state index contributed by atoms with van der Waals surface area (Å²) >= 11 is 0. The molecule has 1 saturated carbocycles. The van der Waals surface area contributed by atoms with Gasteiger partial charge in [0.1, 0.15) is 0 Å². The fraction of sp³-hybridized carbons (Fsp3) is 0.786. The van der Waals surface area contributed by atoms with Crippen LogP contribution in [-0.4, -0.2) is 18.9 Å². The molecule has 96 valence electrons. The number of rotatable bonds is 7. The zero-order valence-electron chi connectivity index (χ0n) is 10.6. The van der Waals surface area contributed by atoms with Gasteiger partial charge in [-0.25, -0.2) is 4.39 Å². The van der Waals surface area contributed by atoms with Gasteiger partial charge in [0.15, 0.2) is 0 Å². The molecule has 0 aromatic heterocycles. The van der Waals surface area contributed by atoms with Gasteiger partial charge >= 0.3 is 0 Å². The van der Waals surface area contributed by atoms with E-state index in [1.807, 2.05) is 0 Å². The molecule has 3 heteroatoms. The Labute approximate surface area is 103 Å². The summed E-state index contributed by atoms with van der Waals surface area (Å²) in [5.41, 5.74) is 8.58. The summed E-state index contributed by atoms with van der Waals surface area (Å²) in [7, 11) is 0. The van der Waals surface area contributed by atoms with Gasteiger partial charge in [-0.1, -0.05) is 11.1 Å². The molecule has 2 atom stereocenters. The molecule has 2 aliphatic rings. The largest absolute Gasteiger partial charge is 0.329 e. The molecule has 0 aromatic carbocycles. The van der Waals surface area contributed by atoms with Gasteiger partial charge in [-0.3, -0.25) is 0 Å². The number of alkyl halides is 1. The van der Waals surface area contributed by atoms with E-state index in [1.165, 1.54) is 24.6 Å². The first kappa shape index (κ1) is 12.7. The molecule has 2 unspecified atom stereocenters. The smallest absolute Gasteiger partial charge is 0.0973 e. The topological polar surface area (TPSA) is 49.9 Å². The monoisotopic (exact) mass is 238 g/mol. The van der Waals surface area contributed by atoms with Crippen LogP contribution in [0.25, 0.3) is 0 Å². The first-order valence-electron chi connectivity index (χ1n) is 6.71. The summed E-state index contributed by atoms with van der Waals surface area (Å²) in [4.78, 5) is 0. The molecule has 17 heavy (non-hydrogen) atoms. The van der Waals surface area contributed by atoms with Gasteiger partial charge in [-0.2, -0.15) is 0 Å². The Bertz CT molecular complexity index is 331. The normalized spacial score (nSPS) is 30.1. The summed E-state index contributed by atoms with van der Waals surface area (Å²) in [5, 5.41) is 7.60. The van der Waals surface area contributed by atoms with Crippen LogP contribution in [0.2, 0.25) is 0 Å². The van der Waals surface area contributed by atoms with Crippen molar-refractivity contribution < 1.29 is 4.39 Å². The minimum atomic E-state index is -0.715. The van der Waals surface area contributed by atoms with Crippen LogP contribution in [0.15, 0.2) is 11.1 Å². The van der Waals surface area contributed by atoms with E-state index in [0.717, 1.165) is 25.2 Å². The van der Waals surface area contributed by atoms with Crippen LogP contribution in [0.3, 0.4) is 0 Å². The van der Waals surface area contributed by atoms with Crippen molar-refractivity contribution in [1.82, 2.24) is 0 Å². The molecule has 2 nitrogen and oxygen atoms in total. The van der Waals surface area contributed by atoms with Gasteiger partial charge in [0.2, 0.25) is 0 Å². The van der Waals surface area contributed by atoms with Gasteiger partial charge in [-0.05, 0) is 51.4 Å². The van der Waals surface area contributed by atoms with Gasteiger partial charge in [0, 0.05) is 18.2 Å². The van der Waals surface area contributed by atoms with Gasteiger partial charge in [0.05, 0.1) is 6.17 Å². The number of allylic oxidation sites excluding steroid dienone is 1. The van der Waals surface area contributed by atoms with Crippen LogP contribution >= 0.6 is 0 Å². The third kappa shape index (κ3) is 2.44. The molecule has 3 N–H and O–H groups in total. The van der Waals surface area contributed by atoms with Crippen molar-refractivity contribution in [2.75, 3.05) is 6.54 Å². The second-order valence-electron chi connectivity index (χ2n) is 5.63. The Morgan fingerprint density at radius 2 is 2.29 bits per heavy atom. The highest BCUT2D eigenvalue weighted by atomic mass is 19.1. The van der Waals surface area contributed by atoms with Crippen molar-refractivity contribution in [2.24, 2.45) is 17.1 Å². The number of nitrogens with one attached hydrogen (secondary N) is 1. The molecule has 0 aliphatic heterocycles. The van der Waals surface area contributed by atoms with Gasteiger partial charge in [0.25, 0.3) is 0 Å². The Hall–Kier alpha value is -0.700. The van der Waals surface area contributed by atoms with Crippen LogP contribution in [0.1, 0.15) is 45.4 Å². The highest BCUT2D eigenvalue weighted by molar-refractivity contribution is 5.73. The molecule has 2 rings (SSSR count). The van der Waals surface area contributed by atoms with E-state index in [-0.39, 0.29) is 5.41 Å². The standard InChI is InChI=1S/C14H23FN2/c1-10(15)3-2-4-13-12(11-5-6-11)7-14(13,8-16)9-17/h8,10-11,16H,2-7,9,17H2,1H3. The van der Waals surface area contributed by atoms with Crippen molar-refractivity contribution >= 4 is 6.21 Å². The van der Waals surface area contributed by atoms with Gasteiger partial charge < -0.3 is 11.1 Å². The second-order valence-corrected chi connectivity index (χ2v) is 5.63. The average molecular weight is 238 g/mol. The number of hydrogen-bond donors (Lipinski definition) is 2. The van der Waals surface area contributed by atoms with Crippen molar-refractivity contribution in [2.45, 2.75) is 51.6 Å². The minimum Gasteiger partial charge on any atom is -0.329 e. The van der Waals surface area contributed by atoms with E-state index in [0.29, 0.717) is 13.0 Å². The highest BCUT2D eigenvalue weighted by Gasteiger charge is 2.46. The van der Waals surface area contributed by atoms with E-state index in [2.05, 4.69) is 0 Å². The van der Waals surface area contributed by atoms with Crippen LogP contribution in [0.5, 0.6) is 0 Å². The zero-order valence-corrected chi connectivity index (χ0v) is 10.6. The van der Waals surface area contributed by atoms with Crippen LogP contribution in [0.4, 0.5) is 4.39 Å². The van der Waals surface area contributed by atoms with Crippen LogP contribution in [0, 0.1) is 16.7 Å². The molecular weight excluding hydrogens is 215 g/mol. The van der Waals surface area contributed by atoms with E-state index in [9.17, 15) is 4.39 Å². The third-order valence-electron chi connectivity index (χ3n) is 4.23. The molecular formula is C14H23FN2. The predicted octanol–water partition coefficient (Wildman–Crippen LogP) is 3.22. The molecule has 0 spiro atoms. The Kier molecular flexibility index (Phi) is 3.67. The van der Waals surface area contributed by atoms with E-state index < -0.39 is 6.17 Å². The lowest BCUT2D eigenvalue weighted by atomic mass is 9.61. The lowest BCUT2D eigenvalue weighted by molar-refractivity contribution is 0.326. The molecule has 0 amide bonds. The van der Waals surface area contributed by atoms with E-state index in [1.54, 1.807) is 12.5 Å². The maximum atomic E-state index is 12.8. The summed E-state index contributed by atoms with van der Waals surface area (Å²) in [6.07, 6.45) is 6.84. The number of hydrogen-bond acceptors (Lipinski definition) is 2. The first-order valence-corrected chi connectivity index (χ1v) is 6.71. The maximum absolute atomic E-state index is 12.8. The molecule has 0 saturated heterocycles. The Morgan fingerprint density at radius 3 is 2.76 bits per heavy atom. The SMILES string of the molecule is CC(F)CCCC1=C(C2CC2)CC1(C=N)CN. The predicted molar refractivity (Wildman–Crippen MR) is 69.1 cm³/mol. The fourth-order valence-electron chi connectivity index (χ4n) is 2.95. The lowest BCUT2D eigenvalue weighted by Crippen LogP contribution is -2.42. The molecule has 0 radical (unpaired) electrons. The Balaban J connectivity index is 2.02. The quantitative estimate of drug-likeness (QED) is 0.519. The van der Waals surface area contributed by atoms with Crippen molar-refractivity contribution in [3.05, 3.63) is 11.1 Å². The van der Waals surface area contributed by atoms with Crippen molar-refractivity contribution in [3.8, 4) is 0 Å². The highest BCUT2D eigenvalue weighted by Crippen LogP contribution is 2.55. The minimum absolute atomic E-state index is 0.169. The van der Waals surface area contributed by atoms with Crippen molar-refractivity contribution in [3.63, 3.8) is 0 Å². The molecule has 1 fully saturated rings. The molecule has 0 bridgehead atoms. The Morgan fingerprint density at radius 1 is 1.59 bits per heavy atom. The number of nitrogens with two attached hydrogens (primary N) is 1. The third-order valence-corrected chi connectivity index (χ3v) is 4.23. The summed E-state index contributed by atoms with van der Waals surface area (Å²) in [6.45, 7) is 2.15. The fourth-order valence-corrected chi connectivity index (χ4v) is 2.95. The zero-order chi connectivity index (χ0) is 12.5. The number of halogens is 1. The maximum Gasteiger partial charge on any atom is 0.0973 e. The molecule has 2 aliphatic carbocycles. The van der Waals surface area contributed by atoms with Crippen LogP contribution < -0.4 is 5.73 Å². The summed E-state index contributed by atoms with van der Waals surface area (Å²) in [6, 6.07) is 0. The van der Waals surface area contributed by atoms with Crippen molar-refractivity contribution in [1.29, 1.82) is 5.41 Å². The molecule has 0 aromatic rings.